The number of aliphatic carboxylic acids is 1. The van der Waals surface area contributed by atoms with Crippen LogP contribution in [0, 0.1) is 0 Å². The number of rotatable bonds is 6. The van der Waals surface area contributed by atoms with Crippen LogP contribution < -0.4 is 16.0 Å². The van der Waals surface area contributed by atoms with E-state index >= 15 is 0 Å². The van der Waals surface area contributed by atoms with Gasteiger partial charge < -0.3 is 21.1 Å². The maximum atomic E-state index is 10.7. The van der Waals surface area contributed by atoms with E-state index in [1.54, 1.807) is 7.05 Å². The molecule has 0 bridgehead atoms. The third kappa shape index (κ3) is 4.16. The minimum absolute atomic E-state index is 0.453. The average Bonchev–Trinajstić information content (AvgIpc) is 2.70. The van der Waals surface area contributed by atoms with E-state index in [1.807, 2.05) is 0 Å². The van der Waals surface area contributed by atoms with Crippen LogP contribution >= 0.6 is 0 Å². The van der Waals surface area contributed by atoms with Crippen LogP contribution in [0.1, 0.15) is 12.8 Å². The van der Waals surface area contributed by atoms with Gasteiger partial charge in [0.15, 0.2) is 5.96 Å². The second-order valence-corrected chi connectivity index (χ2v) is 3.41. The fraction of sp³-hybridized carbons (Fsp3) is 0.778. The summed E-state index contributed by atoms with van der Waals surface area (Å²) in [7, 11) is 1.66. The molecule has 0 saturated heterocycles. The largest absolute Gasteiger partial charge is 0.480 e. The number of hydrogen-bond acceptors (Lipinski definition) is 5. The van der Waals surface area contributed by atoms with Gasteiger partial charge in [-0.15, -0.1) is 0 Å². The van der Waals surface area contributed by atoms with Crippen molar-refractivity contribution >= 4 is 11.9 Å². The standard InChI is InChI=1S/C9H18N4O2/c1-10-7(8(14)15)3-2-4-11-9-12-5-6-13-9/h7,10H,2-6H2,1H3,(H,14,15)(H2,11,12,13)/t7-/m0/s1. The highest BCUT2D eigenvalue weighted by molar-refractivity contribution is 5.81. The van der Waals surface area contributed by atoms with Crippen LogP contribution in [0.25, 0.3) is 0 Å². The maximum absolute atomic E-state index is 10.7. The molecule has 15 heavy (non-hydrogen) atoms. The highest BCUT2D eigenvalue weighted by Gasteiger charge is 2.13. The van der Waals surface area contributed by atoms with Crippen molar-refractivity contribution in [1.82, 2.24) is 16.0 Å². The van der Waals surface area contributed by atoms with E-state index in [9.17, 15) is 4.79 Å². The van der Waals surface area contributed by atoms with Gasteiger partial charge in [-0.3, -0.25) is 9.79 Å². The average molecular weight is 214 g/mol. The van der Waals surface area contributed by atoms with Gasteiger partial charge in [-0.1, -0.05) is 0 Å². The zero-order chi connectivity index (χ0) is 11.1. The molecule has 6 heteroatoms. The summed E-state index contributed by atoms with van der Waals surface area (Å²) in [5.41, 5.74) is 0. The Morgan fingerprint density at radius 3 is 3.07 bits per heavy atom. The van der Waals surface area contributed by atoms with Gasteiger partial charge in [-0.05, 0) is 19.9 Å². The molecule has 0 aromatic rings. The normalized spacial score (nSPS) is 16.7. The molecule has 0 aromatic carbocycles. The predicted molar refractivity (Wildman–Crippen MR) is 58.0 cm³/mol. The first-order valence-corrected chi connectivity index (χ1v) is 5.16. The van der Waals surface area contributed by atoms with Crippen LogP contribution in [0.15, 0.2) is 4.99 Å². The van der Waals surface area contributed by atoms with Gasteiger partial charge in [-0.2, -0.15) is 0 Å². The van der Waals surface area contributed by atoms with Crippen molar-refractivity contribution in [2.45, 2.75) is 18.9 Å². The van der Waals surface area contributed by atoms with Crippen molar-refractivity contribution in [3.63, 3.8) is 0 Å². The van der Waals surface area contributed by atoms with Crippen molar-refractivity contribution in [2.75, 3.05) is 26.7 Å². The van der Waals surface area contributed by atoms with Gasteiger partial charge in [0.05, 0.1) is 6.54 Å². The fourth-order valence-electron chi connectivity index (χ4n) is 1.42. The van der Waals surface area contributed by atoms with Crippen LogP contribution in [0.3, 0.4) is 0 Å². The second-order valence-electron chi connectivity index (χ2n) is 3.41. The van der Waals surface area contributed by atoms with Gasteiger partial charge in [0.2, 0.25) is 0 Å². The molecule has 1 rings (SSSR count). The number of carbonyl (C=O) groups is 1. The van der Waals surface area contributed by atoms with Gasteiger partial charge in [0.25, 0.3) is 0 Å². The molecule has 6 nitrogen and oxygen atoms in total. The number of nitrogens with zero attached hydrogens (tertiary/aromatic N) is 1. The van der Waals surface area contributed by atoms with E-state index < -0.39 is 12.0 Å². The maximum Gasteiger partial charge on any atom is 0.320 e. The highest BCUT2D eigenvalue weighted by Crippen LogP contribution is 1.96. The zero-order valence-electron chi connectivity index (χ0n) is 8.92. The van der Waals surface area contributed by atoms with Crippen molar-refractivity contribution < 1.29 is 9.90 Å². The smallest absolute Gasteiger partial charge is 0.320 e. The molecule has 0 radical (unpaired) electrons. The molecule has 0 spiro atoms. The van der Waals surface area contributed by atoms with Crippen LogP contribution in [0.5, 0.6) is 0 Å². The lowest BCUT2D eigenvalue weighted by Crippen LogP contribution is -2.37. The quantitative estimate of drug-likeness (QED) is 0.426. The molecule has 1 aliphatic heterocycles. The summed E-state index contributed by atoms with van der Waals surface area (Å²) in [6, 6.07) is -0.453. The van der Waals surface area contributed by atoms with Crippen LogP contribution in [-0.4, -0.2) is 49.8 Å². The fourth-order valence-corrected chi connectivity index (χ4v) is 1.42. The Kier molecular flexibility index (Phi) is 4.89. The van der Waals surface area contributed by atoms with Crippen molar-refractivity contribution in [3.8, 4) is 0 Å². The summed E-state index contributed by atoms with van der Waals surface area (Å²) in [4.78, 5) is 14.8. The molecule has 4 N–H and O–H groups in total. The van der Waals surface area contributed by atoms with Crippen LogP contribution in [-0.2, 0) is 4.79 Å². The van der Waals surface area contributed by atoms with Gasteiger partial charge in [-0.25, -0.2) is 0 Å². The molecule has 0 fully saturated rings. The van der Waals surface area contributed by atoms with E-state index in [-0.39, 0.29) is 0 Å². The lowest BCUT2D eigenvalue weighted by atomic mass is 10.1. The summed E-state index contributed by atoms with van der Waals surface area (Å²) in [6.07, 6.45) is 1.42. The third-order valence-corrected chi connectivity index (χ3v) is 2.28. The Morgan fingerprint density at radius 1 is 1.73 bits per heavy atom. The molecule has 0 unspecified atom stereocenters. The first-order chi connectivity index (χ1) is 7.24. The van der Waals surface area contributed by atoms with Crippen molar-refractivity contribution in [3.05, 3.63) is 0 Å². The van der Waals surface area contributed by atoms with Crippen molar-refractivity contribution in [1.29, 1.82) is 0 Å². The molecule has 0 aliphatic carbocycles. The minimum atomic E-state index is -0.797. The topological polar surface area (TPSA) is 85.8 Å². The lowest BCUT2D eigenvalue weighted by molar-refractivity contribution is -0.139. The highest BCUT2D eigenvalue weighted by atomic mass is 16.4. The molecule has 0 amide bonds. The predicted octanol–water partition coefficient (Wildman–Crippen LogP) is -1.01. The molecular weight excluding hydrogens is 196 g/mol. The number of likely N-dealkylation sites (N-methyl/N-ethyl adjacent to an activating group) is 1. The second kappa shape index (κ2) is 6.23. The summed E-state index contributed by atoms with van der Waals surface area (Å²) >= 11 is 0. The summed E-state index contributed by atoms with van der Waals surface area (Å²) in [5.74, 6) is 0.0279. The number of carboxylic acids is 1. The van der Waals surface area contributed by atoms with Crippen LogP contribution in [0.2, 0.25) is 0 Å². The van der Waals surface area contributed by atoms with Gasteiger partial charge in [0, 0.05) is 13.1 Å². The van der Waals surface area contributed by atoms with E-state index in [0.717, 1.165) is 32.0 Å². The Hall–Kier alpha value is -1.30. The Balaban J connectivity index is 2.07. The Morgan fingerprint density at radius 2 is 2.53 bits per heavy atom. The first-order valence-electron chi connectivity index (χ1n) is 5.16. The Labute approximate surface area is 89.2 Å². The number of hydrogen-bond donors (Lipinski definition) is 4. The molecular formula is C9H18N4O2. The van der Waals surface area contributed by atoms with E-state index in [2.05, 4.69) is 20.9 Å². The summed E-state index contributed by atoms with van der Waals surface area (Å²) in [5, 5.41) is 17.7. The number of carboxylic acid groups (broad SMARTS) is 1. The summed E-state index contributed by atoms with van der Waals surface area (Å²) in [6.45, 7) is 2.45. The van der Waals surface area contributed by atoms with E-state index in [1.165, 1.54) is 0 Å². The number of nitrogens with one attached hydrogen (secondary N) is 3. The lowest BCUT2D eigenvalue weighted by Gasteiger charge is -2.11. The molecule has 1 heterocycles. The SMILES string of the molecule is CN[C@@H](CCCNC1=NCCN1)C(=O)O. The van der Waals surface area contributed by atoms with Gasteiger partial charge in [0.1, 0.15) is 6.04 Å². The van der Waals surface area contributed by atoms with E-state index in [4.69, 9.17) is 5.11 Å². The number of aliphatic imine (C=N–C) groups is 1. The Bertz CT molecular complexity index is 242. The number of guanidine groups is 1. The van der Waals surface area contributed by atoms with Gasteiger partial charge >= 0.3 is 5.97 Å². The molecule has 0 aromatic heterocycles. The van der Waals surface area contributed by atoms with Crippen LogP contribution in [0.4, 0.5) is 0 Å². The molecule has 86 valence electrons. The monoisotopic (exact) mass is 214 g/mol. The van der Waals surface area contributed by atoms with Crippen molar-refractivity contribution in [2.24, 2.45) is 4.99 Å². The molecule has 1 aliphatic rings. The minimum Gasteiger partial charge on any atom is -0.480 e. The molecule has 0 saturated carbocycles. The zero-order valence-corrected chi connectivity index (χ0v) is 8.92. The molecule has 1 atom stereocenters. The third-order valence-electron chi connectivity index (χ3n) is 2.28. The summed E-state index contributed by atoms with van der Waals surface area (Å²) < 4.78 is 0. The van der Waals surface area contributed by atoms with E-state index in [0.29, 0.717) is 6.42 Å². The first kappa shape index (κ1) is 11.8.